The molecule has 0 spiro atoms. The normalized spacial score (nSPS) is 11.1. The quantitative estimate of drug-likeness (QED) is 0.628. The fourth-order valence-corrected chi connectivity index (χ4v) is 2.18. The van der Waals surface area contributed by atoms with Gasteiger partial charge in [-0.1, -0.05) is 0 Å². The van der Waals surface area contributed by atoms with E-state index in [4.69, 9.17) is 9.47 Å². The Hall–Kier alpha value is -1.12. The number of alkyl carbamates (subject to hydrolysis) is 1. The molecule has 1 N–H and O–H groups in total. The first-order valence-corrected chi connectivity index (χ1v) is 7.16. The number of pyridine rings is 1. The minimum Gasteiger partial charge on any atom is -0.481 e. The first-order valence-electron chi connectivity index (χ1n) is 6.08. The van der Waals surface area contributed by atoms with Crippen LogP contribution in [0.25, 0.3) is 0 Å². The zero-order valence-corrected chi connectivity index (χ0v) is 14.1. The maximum Gasteiger partial charge on any atom is 0.407 e. The average molecular weight is 396 g/mol. The standard InChI is InChI=1S/C13H18FIN2O3/c1-13(2,3)20-12(18)16-6-5-8-9(15)7-10(19-4)17-11(8)14/h7H,5-6H2,1-4H3,(H,16,18). The molecule has 1 rings (SSSR count). The summed E-state index contributed by atoms with van der Waals surface area (Å²) in [5.41, 5.74) is -0.103. The fraction of sp³-hybridized carbons (Fsp3) is 0.538. The monoisotopic (exact) mass is 396 g/mol. The number of halogens is 2. The predicted octanol–water partition coefficient (Wildman–Crippen LogP) is 2.90. The van der Waals surface area contributed by atoms with Crippen molar-refractivity contribution >= 4 is 28.7 Å². The van der Waals surface area contributed by atoms with Crippen LogP contribution in [0.3, 0.4) is 0 Å². The Morgan fingerprint density at radius 3 is 2.65 bits per heavy atom. The van der Waals surface area contributed by atoms with E-state index in [0.29, 0.717) is 15.6 Å². The van der Waals surface area contributed by atoms with Crippen molar-refractivity contribution < 1.29 is 18.7 Å². The van der Waals surface area contributed by atoms with Gasteiger partial charge in [-0.25, -0.2) is 4.79 Å². The summed E-state index contributed by atoms with van der Waals surface area (Å²) in [4.78, 5) is 15.1. The largest absolute Gasteiger partial charge is 0.481 e. The molecular weight excluding hydrogens is 378 g/mol. The second-order valence-electron chi connectivity index (χ2n) is 5.09. The van der Waals surface area contributed by atoms with Crippen LogP contribution in [0.5, 0.6) is 5.88 Å². The van der Waals surface area contributed by atoms with Crippen LogP contribution in [-0.4, -0.2) is 30.3 Å². The smallest absolute Gasteiger partial charge is 0.407 e. The molecule has 0 radical (unpaired) electrons. The first kappa shape index (κ1) is 16.9. The Balaban J connectivity index is 2.57. The van der Waals surface area contributed by atoms with Crippen molar-refractivity contribution in [2.24, 2.45) is 0 Å². The van der Waals surface area contributed by atoms with Crippen molar-refractivity contribution in [2.45, 2.75) is 32.8 Å². The Labute approximate surface area is 131 Å². The van der Waals surface area contributed by atoms with Crippen LogP contribution >= 0.6 is 22.6 Å². The number of carbonyl (C=O) groups excluding carboxylic acids is 1. The molecule has 5 nitrogen and oxygen atoms in total. The number of ether oxygens (including phenoxy) is 2. The molecule has 0 unspecified atom stereocenters. The van der Waals surface area contributed by atoms with Gasteiger partial charge in [0.05, 0.1) is 7.11 Å². The number of aromatic nitrogens is 1. The van der Waals surface area contributed by atoms with Gasteiger partial charge in [0.25, 0.3) is 0 Å². The molecule has 0 atom stereocenters. The molecule has 1 amide bonds. The van der Waals surface area contributed by atoms with Crippen molar-refractivity contribution in [3.05, 3.63) is 21.1 Å². The van der Waals surface area contributed by atoms with Crippen LogP contribution in [0, 0.1) is 9.52 Å². The summed E-state index contributed by atoms with van der Waals surface area (Å²) in [7, 11) is 1.43. The highest BCUT2D eigenvalue weighted by atomic mass is 127. The van der Waals surface area contributed by atoms with Crippen LogP contribution in [0.15, 0.2) is 6.07 Å². The van der Waals surface area contributed by atoms with Crippen LogP contribution in [-0.2, 0) is 11.2 Å². The van der Waals surface area contributed by atoms with Gasteiger partial charge < -0.3 is 14.8 Å². The van der Waals surface area contributed by atoms with Crippen LogP contribution in [0.2, 0.25) is 0 Å². The first-order chi connectivity index (χ1) is 9.23. The summed E-state index contributed by atoms with van der Waals surface area (Å²) in [6, 6.07) is 1.65. The van der Waals surface area contributed by atoms with Gasteiger partial charge >= 0.3 is 6.09 Å². The molecule has 1 aromatic heterocycles. The number of rotatable bonds is 4. The number of carbonyl (C=O) groups is 1. The number of hydrogen-bond donors (Lipinski definition) is 1. The molecule has 0 saturated carbocycles. The Morgan fingerprint density at radius 1 is 1.50 bits per heavy atom. The molecule has 0 fully saturated rings. The fourth-order valence-electron chi connectivity index (χ4n) is 1.42. The lowest BCUT2D eigenvalue weighted by Crippen LogP contribution is -2.33. The van der Waals surface area contributed by atoms with Gasteiger partial charge in [0, 0.05) is 21.7 Å². The van der Waals surface area contributed by atoms with E-state index in [0.717, 1.165) is 0 Å². The van der Waals surface area contributed by atoms with Gasteiger partial charge in [0.15, 0.2) is 0 Å². The Kier molecular flexibility index (Phi) is 5.97. The second-order valence-corrected chi connectivity index (χ2v) is 6.26. The summed E-state index contributed by atoms with van der Waals surface area (Å²) < 4.78 is 24.4. The zero-order valence-electron chi connectivity index (χ0n) is 11.9. The molecule has 1 heterocycles. The van der Waals surface area contributed by atoms with Gasteiger partial charge in [-0.05, 0) is 49.8 Å². The summed E-state index contributed by atoms with van der Waals surface area (Å²) >= 11 is 2.01. The van der Waals surface area contributed by atoms with Crippen molar-refractivity contribution in [1.29, 1.82) is 0 Å². The lowest BCUT2D eigenvalue weighted by Gasteiger charge is -2.19. The van der Waals surface area contributed by atoms with Crippen molar-refractivity contribution in [1.82, 2.24) is 10.3 Å². The summed E-state index contributed by atoms with van der Waals surface area (Å²) in [5.74, 6) is -0.351. The lowest BCUT2D eigenvalue weighted by molar-refractivity contribution is 0.0528. The van der Waals surface area contributed by atoms with Crippen molar-refractivity contribution in [3.8, 4) is 5.88 Å². The lowest BCUT2D eigenvalue weighted by atomic mass is 10.2. The van der Waals surface area contributed by atoms with E-state index < -0.39 is 17.6 Å². The maximum atomic E-state index is 13.8. The number of amides is 1. The second kappa shape index (κ2) is 7.05. The molecule has 0 aliphatic carbocycles. The van der Waals surface area contributed by atoms with E-state index in [1.807, 2.05) is 22.6 Å². The molecule has 20 heavy (non-hydrogen) atoms. The average Bonchev–Trinajstić information content (AvgIpc) is 2.30. The highest BCUT2D eigenvalue weighted by Crippen LogP contribution is 2.20. The summed E-state index contributed by atoms with van der Waals surface area (Å²) in [6.07, 6.45) is -0.185. The number of methoxy groups -OCH3 is 1. The van der Waals surface area contributed by atoms with Crippen molar-refractivity contribution in [2.75, 3.05) is 13.7 Å². The topological polar surface area (TPSA) is 60.5 Å². The summed E-state index contributed by atoms with van der Waals surface area (Å²) in [5, 5.41) is 2.58. The number of nitrogens with one attached hydrogen (secondary N) is 1. The predicted molar refractivity (Wildman–Crippen MR) is 81.4 cm³/mol. The minimum atomic E-state index is -0.584. The molecular formula is C13H18FIN2O3. The highest BCUT2D eigenvalue weighted by molar-refractivity contribution is 14.1. The van der Waals surface area contributed by atoms with Gasteiger partial charge in [0.1, 0.15) is 5.60 Å². The van der Waals surface area contributed by atoms with E-state index >= 15 is 0 Å². The summed E-state index contributed by atoms with van der Waals surface area (Å²) in [6.45, 7) is 5.61. The SMILES string of the molecule is COc1cc(I)c(CCNC(=O)OC(C)(C)C)c(F)n1. The number of nitrogens with zero attached hydrogens (tertiary/aromatic N) is 1. The molecule has 0 aliphatic heterocycles. The van der Waals surface area contributed by atoms with Crippen LogP contribution in [0.1, 0.15) is 26.3 Å². The molecule has 0 saturated heterocycles. The molecule has 0 bridgehead atoms. The minimum absolute atomic E-state index is 0.232. The zero-order chi connectivity index (χ0) is 15.3. The molecule has 7 heteroatoms. The Morgan fingerprint density at radius 2 is 2.15 bits per heavy atom. The van der Waals surface area contributed by atoms with Gasteiger partial charge in [-0.15, -0.1) is 0 Å². The van der Waals surface area contributed by atoms with Gasteiger partial charge in [-0.2, -0.15) is 9.37 Å². The van der Waals surface area contributed by atoms with Crippen molar-refractivity contribution in [3.63, 3.8) is 0 Å². The molecule has 1 aromatic rings. The maximum absolute atomic E-state index is 13.8. The van der Waals surface area contributed by atoms with E-state index in [-0.39, 0.29) is 12.4 Å². The van der Waals surface area contributed by atoms with Gasteiger partial charge in [0.2, 0.25) is 11.8 Å². The highest BCUT2D eigenvalue weighted by Gasteiger charge is 2.16. The third kappa shape index (κ3) is 5.48. The molecule has 112 valence electrons. The van der Waals surface area contributed by atoms with Crippen LogP contribution in [0.4, 0.5) is 9.18 Å². The van der Waals surface area contributed by atoms with E-state index in [2.05, 4.69) is 10.3 Å². The molecule has 0 aromatic carbocycles. The van der Waals surface area contributed by atoms with E-state index in [1.165, 1.54) is 7.11 Å². The molecule has 0 aliphatic rings. The van der Waals surface area contributed by atoms with Gasteiger partial charge in [-0.3, -0.25) is 0 Å². The third-order valence-electron chi connectivity index (χ3n) is 2.25. The Bertz CT molecular complexity index is 466. The van der Waals surface area contributed by atoms with E-state index in [1.54, 1.807) is 26.8 Å². The van der Waals surface area contributed by atoms with Crippen LogP contribution < -0.4 is 10.1 Å². The number of hydrogen-bond acceptors (Lipinski definition) is 4. The third-order valence-corrected chi connectivity index (χ3v) is 3.21. The van der Waals surface area contributed by atoms with E-state index in [9.17, 15) is 9.18 Å².